The second kappa shape index (κ2) is 5.88. The molecule has 0 amide bonds. The first-order valence-electron chi connectivity index (χ1n) is 6.40. The molecule has 0 heterocycles. The van der Waals surface area contributed by atoms with E-state index in [1.807, 2.05) is 11.9 Å². The summed E-state index contributed by atoms with van der Waals surface area (Å²) in [6, 6.07) is 4.76. The van der Waals surface area contributed by atoms with Gasteiger partial charge in [-0.1, -0.05) is 0 Å². The number of nitrogens with zero attached hydrogens (tertiary/aromatic N) is 2. The van der Waals surface area contributed by atoms with Crippen molar-refractivity contribution in [2.24, 2.45) is 5.92 Å². The molecule has 1 aliphatic rings. The lowest BCUT2D eigenvalue weighted by atomic mass is 10.2. The van der Waals surface area contributed by atoms with Gasteiger partial charge < -0.3 is 15.4 Å². The minimum absolute atomic E-state index is 0.0536. The van der Waals surface area contributed by atoms with Gasteiger partial charge in [0.15, 0.2) is 0 Å². The molecule has 0 radical (unpaired) electrons. The van der Waals surface area contributed by atoms with E-state index in [4.69, 9.17) is 10.5 Å². The molecule has 1 aliphatic carbocycles. The van der Waals surface area contributed by atoms with Crippen molar-refractivity contribution in [1.82, 2.24) is 0 Å². The summed E-state index contributed by atoms with van der Waals surface area (Å²) in [6.45, 7) is 2.24. The Morgan fingerprint density at radius 1 is 1.53 bits per heavy atom. The Bertz CT molecular complexity index is 460. The summed E-state index contributed by atoms with van der Waals surface area (Å²) < 4.78 is 5.56. The van der Waals surface area contributed by atoms with E-state index in [9.17, 15) is 10.1 Å². The highest BCUT2D eigenvalue weighted by atomic mass is 16.6. The Hall–Kier alpha value is -1.82. The number of likely N-dealkylation sites (N-methyl/N-ethyl adjacent to an activating group) is 1. The van der Waals surface area contributed by atoms with Crippen LogP contribution in [-0.4, -0.2) is 31.7 Å². The van der Waals surface area contributed by atoms with Gasteiger partial charge in [0.05, 0.1) is 11.5 Å². The summed E-state index contributed by atoms with van der Waals surface area (Å²) in [5.74, 6) is 0.764. The number of nitro benzene ring substituents is 1. The molecule has 104 valence electrons. The summed E-state index contributed by atoms with van der Waals surface area (Å²) in [4.78, 5) is 12.2. The SMILES string of the molecule is CN(CCOCC1CC1)c1ccc([N+](=O)[O-])c(N)c1. The van der Waals surface area contributed by atoms with E-state index in [1.165, 1.54) is 18.9 Å². The molecule has 0 saturated heterocycles. The van der Waals surface area contributed by atoms with Gasteiger partial charge in [0, 0.05) is 32.0 Å². The molecule has 0 aliphatic heterocycles. The average Bonchev–Trinajstić information content (AvgIpc) is 3.17. The number of nitrogens with two attached hydrogens (primary N) is 1. The molecular formula is C13H19N3O3. The lowest BCUT2D eigenvalue weighted by Gasteiger charge is -2.19. The van der Waals surface area contributed by atoms with Crippen molar-refractivity contribution in [3.63, 3.8) is 0 Å². The molecule has 0 unspecified atom stereocenters. The molecule has 6 nitrogen and oxygen atoms in total. The number of rotatable bonds is 7. The van der Waals surface area contributed by atoms with Crippen LogP contribution in [0, 0.1) is 16.0 Å². The summed E-state index contributed by atoms with van der Waals surface area (Å²) >= 11 is 0. The van der Waals surface area contributed by atoms with Crippen LogP contribution in [0.4, 0.5) is 17.1 Å². The lowest BCUT2D eigenvalue weighted by molar-refractivity contribution is -0.383. The smallest absolute Gasteiger partial charge is 0.292 e. The van der Waals surface area contributed by atoms with Gasteiger partial charge in [-0.05, 0) is 30.9 Å². The van der Waals surface area contributed by atoms with Crippen LogP contribution in [0.25, 0.3) is 0 Å². The maximum absolute atomic E-state index is 10.7. The Kier molecular flexibility index (Phi) is 4.21. The highest BCUT2D eigenvalue weighted by Gasteiger charge is 2.21. The second-order valence-corrected chi connectivity index (χ2v) is 4.94. The predicted octanol–water partition coefficient (Wildman–Crippen LogP) is 2.04. The Balaban J connectivity index is 1.85. The van der Waals surface area contributed by atoms with E-state index in [0.717, 1.165) is 24.8 Å². The number of hydrogen-bond donors (Lipinski definition) is 1. The van der Waals surface area contributed by atoms with Crippen LogP contribution in [0.2, 0.25) is 0 Å². The Morgan fingerprint density at radius 2 is 2.26 bits per heavy atom. The molecule has 1 saturated carbocycles. The fraction of sp³-hybridized carbons (Fsp3) is 0.538. The largest absolute Gasteiger partial charge is 0.393 e. The van der Waals surface area contributed by atoms with E-state index in [-0.39, 0.29) is 11.4 Å². The number of nitrogen functional groups attached to an aromatic ring is 1. The summed E-state index contributed by atoms with van der Waals surface area (Å²) in [5, 5.41) is 10.7. The first-order chi connectivity index (χ1) is 9.08. The van der Waals surface area contributed by atoms with Gasteiger partial charge in [-0.15, -0.1) is 0 Å². The van der Waals surface area contributed by atoms with E-state index >= 15 is 0 Å². The fourth-order valence-corrected chi connectivity index (χ4v) is 1.81. The number of nitro groups is 1. The maximum atomic E-state index is 10.7. The van der Waals surface area contributed by atoms with Gasteiger partial charge in [-0.2, -0.15) is 0 Å². The molecule has 2 N–H and O–H groups in total. The zero-order chi connectivity index (χ0) is 13.8. The summed E-state index contributed by atoms with van der Waals surface area (Å²) in [6.07, 6.45) is 2.57. The van der Waals surface area contributed by atoms with Gasteiger partial charge >= 0.3 is 0 Å². The van der Waals surface area contributed by atoms with E-state index in [1.54, 1.807) is 12.1 Å². The summed E-state index contributed by atoms with van der Waals surface area (Å²) in [5.41, 5.74) is 6.66. The molecule has 0 aromatic heterocycles. The molecule has 1 aromatic rings. The quantitative estimate of drug-likeness (QED) is 0.353. The Morgan fingerprint density at radius 3 is 2.84 bits per heavy atom. The van der Waals surface area contributed by atoms with Crippen LogP contribution in [0.3, 0.4) is 0 Å². The zero-order valence-corrected chi connectivity index (χ0v) is 11.0. The fourth-order valence-electron chi connectivity index (χ4n) is 1.81. The van der Waals surface area contributed by atoms with Crippen molar-refractivity contribution in [2.75, 3.05) is 37.4 Å². The van der Waals surface area contributed by atoms with Crippen molar-refractivity contribution in [3.05, 3.63) is 28.3 Å². The van der Waals surface area contributed by atoms with Crippen molar-refractivity contribution in [2.45, 2.75) is 12.8 Å². The van der Waals surface area contributed by atoms with E-state index in [2.05, 4.69) is 0 Å². The van der Waals surface area contributed by atoms with Crippen LogP contribution in [0.1, 0.15) is 12.8 Å². The van der Waals surface area contributed by atoms with Crippen LogP contribution < -0.4 is 10.6 Å². The van der Waals surface area contributed by atoms with E-state index < -0.39 is 4.92 Å². The van der Waals surface area contributed by atoms with Crippen LogP contribution in [0.15, 0.2) is 18.2 Å². The number of ether oxygens (including phenoxy) is 1. The average molecular weight is 265 g/mol. The third-order valence-corrected chi connectivity index (χ3v) is 3.27. The van der Waals surface area contributed by atoms with Gasteiger partial charge in [-0.25, -0.2) is 0 Å². The number of benzene rings is 1. The van der Waals surface area contributed by atoms with Gasteiger partial charge in [0.2, 0.25) is 0 Å². The van der Waals surface area contributed by atoms with Crippen molar-refractivity contribution >= 4 is 17.1 Å². The number of anilines is 2. The van der Waals surface area contributed by atoms with Crippen LogP contribution >= 0.6 is 0 Å². The minimum Gasteiger partial charge on any atom is -0.393 e. The van der Waals surface area contributed by atoms with Gasteiger partial charge in [-0.3, -0.25) is 10.1 Å². The molecule has 1 aromatic carbocycles. The third kappa shape index (κ3) is 3.82. The first kappa shape index (κ1) is 13.6. The minimum atomic E-state index is -0.474. The molecule has 19 heavy (non-hydrogen) atoms. The molecule has 0 spiro atoms. The maximum Gasteiger partial charge on any atom is 0.292 e. The highest BCUT2D eigenvalue weighted by molar-refractivity contribution is 5.66. The highest BCUT2D eigenvalue weighted by Crippen LogP contribution is 2.29. The second-order valence-electron chi connectivity index (χ2n) is 4.94. The molecule has 2 rings (SSSR count). The molecular weight excluding hydrogens is 246 g/mol. The lowest BCUT2D eigenvalue weighted by Crippen LogP contribution is -2.23. The molecule has 0 atom stereocenters. The Labute approximate surface area is 112 Å². The van der Waals surface area contributed by atoms with Crippen molar-refractivity contribution in [1.29, 1.82) is 0 Å². The normalized spacial score (nSPS) is 14.4. The van der Waals surface area contributed by atoms with E-state index in [0.29, 0.717) is 6.61 Å². The van der Waals surface area contributed by atoms with Gasteiger partial charge in [0.1, 0.15) is 5.69 Å². The molecule has 6 heteroatoms. The molecule has 1 fully saturated rings. The third-order valence-electron chi connectivity index (χ3n) is 3.27. The van der Waals surface area contributed by atoms with Crippen molar-refractivity contribution in [3.8, 4) is 0 Å². The first-order valence-corrected chi connectivity index (χ1v) is 6.40. The summed E-state index contributed by atoms with van der Waals surface area (Å²) in [7, 11) is 1.92. The zero-order valence-electron chi connectivity index (χ0n) is 11.0. The van der Waals surface area contributed by atoms with Crippen LogP contribution in [-0.2, 0) is 4.74 Å². The monoisotopic (exact) mass is 265 g/mol. The number of hydrogen-bond acceptors (Lipinski definition) is 5. The standard InChI is InChI=1S/C13H19N3O3/c1-15(6-7-19-9-10-2-3-10)11-4-5-13(16(17)18)12(14)8-11/h4-5,8,10H,2-3,6-7,9,14H2,1H3. The van der Waals surface area contributed by atoms with Crippen LogP contribution in [0.5, 0.6) is 0 Å². The molecule has 0 bridgehead atoms. The topological polar surface area (TPSA) is 81.6 Å². The van der Waals surface area contributed by atoms with Crippen molar-refractivity contribution < 1.29 is 9.66 Å². The van der Waals surface area contributed by atoms with Gasteiger partial charge in [0.25, 0.3) is 5.69 Å². The predicted molar refractivity (Wildman–Crippen MR) is 74.3 cm³/mol.